The Labute approximate surface area is 183 Å². The van der Waals surface area contributed by atoms with Gasteiger partial charge in [-0.2, -0.15) is 9.97 Å². The van der Waals surface area contributed by atoms with E-state index in [1.54, 1.807) is 19.4 Å². The lowest BCUT2D eigenvalue weighted by Gasteiger charge is -2.26. The van der Waals surface area contributed by atoms with Crippen LogP contribution in [0.5, 0.6) is 11.8 Å². The van der Waals surface area contributed by atoms with Gasteiger partial charge in [0.1, 0.15) is 23.1 Å². The summed E-state index contributed by atoms with van der Waals surface area (Å²) in [5.41, 5.74) is 2.72. The molecule has 5 heterocycles. The van der Waals surface area contributed by atoms with Gasteiger partial charge in [-0.1, -0.05) is 0 Å². The van der Waals surface area contributed by atoms with E-state index in [-0.39, 0.29) is 17.9 Å². The number of benzene rings is 1. The number of hydrogen-bond donors (Lipinski definition) is 3. The van der Waals surface area contributed by atoms with Crippen LogP contribution in [0, 0.1) is 12.7 Å². The first-order valence-corrected chi connectivity index (χ1v) is 10.8. The fourth-order valence-corrected chi connectivity index (χ4v) is 4.82. The summed E-state index contributed by atoms with van der Waals surface area (Å²) in [6, 6.07) is 2.01. The zero-order valence-corrected chi connectivity index (χ0v) is 17.9. The van der Waals surface area contributed by atoms with Gasteiger partial charge in [0.2, 0.25) is 0 Å². The molecule has 0 radical (unpaired) electrons. The third kappa shape index (κ3) is 2.94. The number of hydrogen-bond acceptors (Lipinski definition) is 8. The van der Waals surface area contributed by atoms with Crippen LogP contribution in [0.25, 0.3) is 21.9 Å². The molecule has 2 aliphatic heterocycles. The molecule has 0 bridgehead atoms. The number of nitrogens with one attached hydrogen (secondary N) is 3. The van der Waals surface area contributed by atoms with Gasteiger partial charge >= 0.3 is 6.01 Å². The largest absolute Gasteiger partial charge is 0.421 e. The van der Waals surface area contributed by atoms with E-state index >= 15 is 4.39 Å². The highest BCUT2D eigenvalue weighted by atomic mass is 19.1. The van der Waals surface area contributed by atoms with Crippen molar-refractivity contribution in [2.45, 2.75) is 32.4 Å². The van der Waals surface area contributed by atoms with Gasteiger partial charge in [0, 0.05) is 43.7 Å². The molecule has 4 aromatic rings. The molecule has 0 aliphatic carbocycles. The highest BCUT2D eigenvalue weighted by Crippen LogP contribution is 2.41. The summed E-state index contributed by atoms with van der Waals surface area (Å²) >= 11 is 0. The van der Waals surface area contributed by atoms with Crippen LogP contribution < -0.4 is 20.3 Å². The lowest BCUT2D eigenvalue weighted by molar-refractivity contribution is 0.438. The summed E-state index contributed by atoms with van der Waals surface area (Å²) in [5.74, 6) is 1.64. The van der Waals surface area contributed by atoms with E-state index in [4.69, 9.17) is 9.72 Å². The molecular formula is C22H23FN8O. The van der Waals surface area contributed by atoms with Crippen molar-refractivity contribution < 1.29 is 9.13 Å². The summed E-state index contributed by atoms with van der Waals surface area (Å²) in [4.78, 5) is 23.5. The molecule has 2 aliphatic rings. The molecule has 32 heavy (non-hydrogen) atoms. The van der Waals surface area contributed by atoms with E-state index in [1.807, 2.05) is 6.92 Å². The number of halogens is 1. The molecule has 0 spiro atoms. The van der Waals surface area contributed by atoms with Gasteiger partial charge in [0.05, 0.1) is 29.0 Å². The first-order chi connectivity index (χ1) is 15.6. The van der Waals surface area contributed by atoms with Crippen molar-refractivity contribution in [1.82, 2.24) is 30.2 Å². The third-order valence-corrected chi connectivity index (χ3v) is 6.31. The van der Waals surface area contributed by atoms with E-state index in [9.17, 15) is 0 Å². The van der Waals surface area contributed by atoms with Gasteiger partial charge in [-0.05, 0) is 25.8 Å². The van der Waals surface area contributed by atoms with Crippen LogP contribution in [-0.2, 0) is 6.54 Å². The van der Waals surface area contributed by atoms with E-state index < -0.39 is 0 Å². The van der Waals surface area contributed by atoms with Crippen LogP contribution in [0.4, 0.5) is 15.9 Å². The first-order valence-electron chi connectivity index (χ1n) is 10.8. The van der Waals surface area contributed by atoms with Crippen LogP contribution in [0.1, 0.15) is 24.2 Å². The van der Waals surface area contributed by atoms with Crippen LogP contribution in [0.15, 0.2) is 18.5 Å². The zero-order valence-electron chi connectivity index (χ0n) is 17.9. The number of aromatic nitrogens is 5. The van der Waals surface area contributed by atoms with Gasteiger partial charge in [-0.15, -0.1) is 0 Å². The van der Waals surface area contributed by atoms with Crippen LogP contribution in [-0.4, -0.2) is 51.1 Å². The molecule has 10 heteroatoms. The fraction of sp³-hybridized carbons (Fsp3) is 0.364. The van der Waals surface area contributed by atoms with Gasteiger partial charge in [-0.3, -0.25) is 0 Å². The van der Waals surface area contributed by atoms with Gasteiger partial charge < -0.3 is 25.3 Å². The molecular weight excluding hydrogens is 411 g/mol. The standard InChI is InChI=1S/C22H23FN8O/c1-11-26-8-13(9-27-11)32-22-29-20-18-17-14(15(23)6-16(24-2)19(17)28-20)10-25-7-12-4-3-5-31(12)21(18)30-22/h6,8-9,12,24-25H,3-5,7,10H2,1-2H3,(H,28,29,30). The van der Waals surface area contributed by atoms with E-state index in [1.165, 1.54) is 6.07 Å². The van der Waals surface area contributed by atoms with Gasteiger partial charge in [0.15, 0.2) is 5.75 Å². The Morgan fingerprint density at radius 1 is 1.22 bits per heavy atom. The fourth-order valence-electron chi connectivity index (χ4n) is 4.82. The number of rotatable bonds is 3. The van der Waals surface area contributed by atoms with Crippen LogP contribution >= 0.6 is 0 Å². The quantitative estimate of drug-likeness (QED) is 0.451. The maximum atomic E-state index is 15.2. The molecule has 1 unspecified atom stereocenters. The smallest absolute Gasteiger partial charge is 0.326 e. The predicted molar refractivity (Wildman–Crippen MR) is 120 cm³/mol. The molecule has 1 saturated heterocycles. The monoisotopic (exact) mass is 434 g/mol. The van der Waals surface area contributed by atoms with Crippen LogP contribution in [0.3, 0.4) is 0 Å². The second-order valence-electron chi connectivity index (χ2n) is 8.25. The molecule has 1 aromatic carbocycles. The minimum absolute atomic E-state index is 0.206. The summed E-state index contributed by atoms with van der Waals surface area (Å²) < 4.78 is 21.1. The van der Waals surface area contributed by atoms with Crippen molar-refractivity contribution >= 4 is 33.4 Å². The summed E-state index contributed by atoms with van der Waals surface area (Å²) in [6.45, 7) is 3.90. The van der Waals surface area contributed by atoms with Crippen molar-refractivity contribution in [2.75, 3.05) is 30.4 Å². The highest BCUT2D eigenvalue weighted by molar-refractivity contribution is 6.16. The van der Waals surface area contributed by atoms with Crippen molar-refractivity contribution in [2.24, 2.45) is 0 Å². The molecule has 0 saturated carbocycles. The van der Waals surface area contributed by atoms with Crippen LogP contribution in [0.2, 0.25) is 0 Å². The Morgan fingerprint density at radius 3 is 2.88 bits per heavy atom. The average Bonchev–Trinajstić information content (AvgIpc) is 3.41. The molecule has 0 amide bonds. The Kier molecular flexibility index (Phi) is 4.35. The SMILES string of the molecule is CNc1cc(F)c2c3c1[nH]c1nc(Oc4cnc(C)nc4)nc(c13)N1CCCC1CNC2. The Hall–Kier alpha value is -3.53. The normalized spacial score (nSPS) is 18.0. The van der Waals surface area contributed by atoms with E-state index in [0.29, 0.717) is 35.0 Å². The van der Waals surface area contributed by atoms with Crippen molar-refractivity contribution in [3.8, 4) is 11.8 Å². The van der Waals surface area contributed by atoms with Crippen molar-refractivity contribution in [3.63, 3.8) is 0 Å². The molecule has 3 N–H and O–H groups in total. The molecule has 6 rings (SSSR count). The minimum Gasteiger partial charge on any atom is -0.421 e. The average molecular weight is 434 g/mol. The zero-order chi connectivity index (χ0) is 21.8. The maximum Gasteiger partial charge on any atom is 0.326 e. The summed E-state index contributed by atoms with van der Waals surface area (Å²) in [7, 11) is 1.78. The molecule has 9 nitrogen and oxygen atoms in total. The highest BCUT2D eigenvalue weighted by Gasteiger charge is 2.32. The number of anilines is 2. The number of aryl methyl sites for hydroxylation is 1. The number of ether oxygens (including phenoxy) is 1. The topological polar surface area (TPSA) is 104 Å². The van der Waals surface area contributed by atoms with Gasteiger partial charge in [-0.25, -0.2) is 14.4 Å². The number of fused-ring (bicyclic) bond motifs is 2. The first kappa shape index (κ1) is 19.2. The third-order valence-electron chi connectivity index (χ3n) is 6.31. The summed E-state index contributed by atoms with van der Waals surface area (Å²) in [5, 5.41) is 8.19. The number of H-pyrrole nitrogens is 1. The van der Waals surface area contributed by atoms with Crippen molar-refractivity contribution in [1.29, 1.82) is 0 Å². The Morgan fingerprint density at radius 2 is 2.06 bits per heavy atom. The van der Waals surface area contributed by atoms with Crippen molar-refractivity contribution in [3.05, 3.63) is 35.7 Å². The second-order valence-corrected chi connectivity index (χ2v) is 8.25. The second kappa shape index (κ2) is 7.27. The summed E-state index contributed by atoms with van der Waals surface area (Å²) in [6.07, 6.45) is 5.33. The minimum atomic E-state index is -0.250. The molecule has 3 aromatic heterocycles. The predicted octanol–water partition coefficient (Wildman–Crippen LogP) is 3.25. The maximum absolute atomic E-state index is 15.2. The Balaban J connectivity index is 1.63. The lowest BCUT2D eigenvalue weighted by atomic mass is 10.0. The Bertz CT molecular complexity index is 1340. The molecule has 164 valence electrons. The lowest BCUT2D eigenvalue weighted by Crippen LogP contribution is -2.38. The molecule has 1 atom stereocenters. The van der Waals surface area contributed by atoms with E-state index in [2.05, 4.69) is 35.5 Å². The number of nitrogens with zero attached hydrogens (tertiary/aromatic N) is 5. The molecule has 1 fully saturated rings. The number of aromatic amines is 1. The van der Waals surface area contributed by atoms with E-state index in [0.717, 1.165) is 48.0 Å². The van der Waals surface area contributed by atoms with Gasteiger partial charge in [0.25, 0.3) is 0 Å².